The molecule has 0 unspecified atom stereocenters. The standard InChI is InChI=1S/C22H21BrClN3O4/c1-12(20(29)30)31-18-8-6-15(24)9-13(18)11-25-27-19(28)16-10-14(23)5-7-17(16)26-21(27)22(2,3)4/h5-12H,1-4H3,(H,29,30)/t12-/m0/s1. The highest BCUT2D eigenvalue weighted by atomic mass is 79.9. The van der Waals surface area contributed by atoms with Crippen molar-refractivity contribution in [3.05, 3.63) is 67.6 Å². The van der Waals surface area contributed by atoms with E-state index in [4.69, 9.17) is 21.4 Å². The highest BCUT2D eigenvalue weighted by Gasteiger charge is 2.23. The molecule has 0 spiro atoms. The molecule has 0 aliphatic heterocycles. The lowest BCUT2D eigenvalue weighted by Gasteiger charge is -2.21. The predicted molar refractivity (Wildman–Crippen MR) is 125 cm³/mol. The number of nitrogens with zero attached hydrogens (tertiary/aromatic N) is 3. The van der Waals surface area contributed by atoms with Gasteiger partial charge in [-0.15, -0.1) is 0 Å². The molecule has 1 atom stereocenters. The number of hydrogen-bond acceptors (Lipinski definition) is 5. The molecule has 1 heterocycles. The summed E-state index contributed by atoms with van der Waals surface area (Å²) >= 11 is 9.49. The summed E-state index contributed by atoms with van der Waals surface area (Å²) in [5, 5.41) is 14.4. The van der Waals surface area contributed by atoms with E-state index >= 15 is 0 Å². The van der Waals surface area contributed by atoms with Crippen molar-refractivity contribution >= 4 is 50.6 Å². The van der Waals surface area contributed by atoms with Crippen LogP contribution in [0.2, 0.25) is 5.02 Å². The lowest BCUT2D eigenvalue weighted by atomic mass is 9.95. The number of ether oxygens (including phenoxy) is 1. The van der Waals surface area contributed by atoms with E-state index in [9.17, 15) is 9.59 Å². The molecular formula is C22H21BrClN3O4. The van der Waals surface area contributed by atoms with Crippen LogP contribution in [0.3, 0.4) is 0 Å². The number of hydrogen-bond donors (Lipinski definition) is 1. The molecule has 0 bridgehead atoms. The second-order valence-electron chi connectivity index (χ2n) is 7.99. The largest absolute Gasteiger partial charge is 0.479 e. The molecule has 3 aromatic rings. The van der Waals surface area contributed by atoms with Crippen LogP contribution in [0.5, 0.6) is 5.75 Å². The molecule has 0 amide bonds. The molecule has 1 aromatic heterocycles. The van der Waals surface area contributed by atoms with E-state index in [1.165, 1.54) is 17.8 Å². The van der Waals surface area contributed by atoms with Gasteiger partial charge in [0.2, 0.25) is 0 Å². The van der Waals surface area contributed by atoms with Crippen molar-refractivity contribution in [1.29, 1.82) is 0 Å². The highest BCUT2D eigenvalue weighted by molar-refractivity contribution is 9.10. The Balaban J connectivity index is 2.17. The maximum Gasteiger partial charge on any atom is 0.344 e. The van der Waals surface area contributed by atoms with Crippen LogP contribution < -0.4 is 10.3 Å². The molecule has 162 valence electrons. The van der Waals surface area contributed by atoms with E-state index < -0.39 is 17.5 Å². The van der Waals surface area contributed by atoms with Gasteiger partial charge in [-0.2, -0.15) is 9.78 Å². The van der Waals surface area contributed by atoms with E-state index in [0.29, 0.717) is 27.3 Å². The Morgan fingerprint density at radius 1 is 1.29 bits per heavy atom. The molecule has 3 rings (SSSR count). The molecule has 9 heteroatoms. The zero-order valence-corrected chi connectivity index (χ0v) is 19.7. The van der Waals surface area contributed by atoms with Crippen LogP contribution in [-0.2, 0) is 10.2 Å². The number of carboxylic acids is 1. The summed E-state index contributed by atoms with van der Waals surface area (Å²) in [6, 6.07) is 10.0. The zero-order valence-electron chi connectivity index (χ0n) is 17.4. The Kier molecular flexibility index (Phi) is 6.52. The van der Waals surface area contributed by atoms with E-state index in [2.05, 4.69) is 26.0 Å². The zero-order chi connectivity index (χ0) is 22.9. The van der Waals surface area contributed by atoms with E-state index in [1.54, 1.807) is 30.3 Å². The normalized spacial score (nSPS) is 13.0. The van der Waals surface area contributed by atoms with Crippen molar-refractivity contribution in [2.24, 2.45) is 5.10 Å². The number of aliphatic carboxylic acids is 1. The lowest BCUT2D eigenvalue weighted by Crippen LogP contribution is -2.29. The van der Waals surface area contributed by atoms with Gasteiger partial charge < -0.3 is 9.84 Å². The monoisotopic (exact) mass is 505 g/mol. The van der Waals surface area contributed by atoms with Crippen LogP contribution in [0.4, 0.5) is 0 Å². The van der Waals surface area contributed by atoms with Gasteiger partial charge in [0.15, 0.2) is 6.10 Å². The molecule has 7 nitrogen and oxygen atoms in total. The predicted octanol–water partition coefficient (Wildman–Crippen LogP) is 4.84. The third-order valence-corrected chi connectivity index (χ3v) is 5.14. The van der Waals surface area contributed by atoms with Crippen molar-refractivity contribution in [2.75, 3.05) is 0 Å². The first-order chi connectivity index (χ1) is 14.5. The third-order valence-electron chi connectivity index (χ3n) is 4.41. The molecule has 0 aliphatic rings. The fourth-order valence-corrected chi connectivity index (χ4v) is 3.37. The van der Waals surface area contributed by atoms with Crippen molar-refractivity contribution < 1.29 is 14.6 Å². The van der Waals surface area contributed by atoms with E-state index in [0.717, 1.165) is 4.47 Å². The minimum Gasteiger partial charge on any atom is -0.479 e. The van der Waals surface area contributed by atoms with Gasteiger partial charge in [-0.25, -0.2) is 9.78 Å². The quantitative estimate of drug-likeness (QED) is 0.500. The highest BCUT2D eigenvalue weighted by Crippen LogP contribution is 2.25. The summed E-state index contributed by atoms with van der Waals surface area (Å²) in [7, 11) is 0. The first-order valence-electron chi connectivity index (χ1n) is 9.43. The minimum atomic E-state index is -1.10. The van der Waals surface area contributed by atoms with Crippen LogP contribution in [-0.4, -0.2) is 33.1 Å². The summed E-state index contributed by atoms with van der Waals surface area (Å²) in [6.45, 7) is 7.24. The summed E-state index contributed by atoms with van der Waals surface area (Å²) < 4.78 is 7.51. The van der Waals surface area contributed by atoms with Crippen LogP contribution in [0.15, 0.2) is 50.8 Å². The number of halogens is 2. The van der Waals surface area contributed by atoms with Gasteiger partial charge in [0.05, 0.1) is 17.1 Å². The first kappa shape index (κ1) is 23.0. The van der Waals surface area contributed by atoms with Crippen molar-refractivity contribution in [3.63, 3.8) is 0 Å². The summed E-state index contributed by atoms with van der Waals surface area (Å²) in [5.41, 5.74) is 0.215. The first-order valence-corrected chi connectivity index (χ1v) is 10.6. The maximum absolute atomic E-state index is 13.2. The van der Waals surface area contributed by atoms with Crippen molar-refractivity contribution in [2.45, 2.75) is 39.2 Å². The molecule has 0 fully saturated rings. The minimum absolute atomic E-state index is 0.282. The van der Waals surface area contributed by atoms with Crippen LogP contribution >= 0.6 is 27.5 Å². The number of carbonyl (C=O) groups is 1. The Hall–Kier alpha value is -2.71. The van der Waals surface area contributed by atoms with Gasteiger partial charge in [0.25, 0.3) is 5.56 Å². The average Bonchev–Trinajstić information content (AvgIpc) is 2.68. The molecule has 0 radical (unpaired) electrons. The van der Waals surface area contributed by atoms with Crippen LogP contribution in [0.25, 0.3) is 10.9 Å². The van der Waals surface area contributed by atoms with Gasteiger partial charge in [-0.1, -0.05) is 48.3 Å². The fourth-order valence-electron chi connectivity index (χ4n) is 2.83. The number of carboxylic acid groups (broad SMARTS) is 1. The molecule has 0 aliphatic carbocycles. The number of benzene rings is 2. The van der Waals surface area contributed by atoms with Gasteiger partial charge in [0.1, 0.15) is 11.6 Å². The Morgan fingerprint density at radius 3 is 2.65 bits per heavy atom. The number of rotatable bonds is 5. The summed E-state index contributed by atoms with van der Waals surface area (Å²) in [6.07, 6.45) is 0.346. The molecule has 31 heavy (non-hydrogen) atoms. The Bertz CT molecular complexity index is 1250. The van der Waals surface area contributed by atoms with Gasteiger partial charge in [-0.05, 0) is 43.3 Å². The maximum atomic E-state index is 13.2. The van der Waals surface area contributed by atoms with E-state index in [-0.39, 0.29) is 11.3 Å². The van der Waals surface area contributed by atoms with Crippen LogP contribution in [0, 0.1) is 0 Å². The summed E-state index contributed by atoms with van der Waals surface area (Å²) in [5.74, 6) is -0.342. The molecule has 0 saturated carbocycles. The fraction of sp³-hybridized carbons (Fsp3) is 0.273. The average molecular weight is 507 g/mol. The van der Waals surface area contributed by atoms with Gasteiger partial charge >= 0.3 is 5.97 Å². The molecule has 0 saturated heterocycles. The Morgan fingerprint density at radius 2 is 2.00 bits per heavy atom. The summed E-state index contributed by atoms with van der Waals surface area (Å²) in [4.78, 5) is 29.1. The smallest absolute Gasteiger partial charge is 0.344 e. The Labute approximate surface area is 192 Å². The number of aromatic nitrogens is 2. The topological polar surface area (TPSA) is 93.8 Å². The molecule has 2 aromatic carbocycles. The van der Waals surface area contributed by atoms with Crippen molar-refractivity contribution in [3.8, 4) is 5.75 Å². The number of fused-ring (bicyclic) bond motifs is 1. The van der Waals surface area contributed by atoms with Crippen LogP contribution in [0.1, 0.15) is 39.1 Å². The van der Waals surface area contributed by atoms with Gasteiger partial charge in [0, 0.05) is 20.5 Å². The lowest BCUT2D eigenvalue weighted by molar-refractivity contribution is -0.144. The molecular weight excluding hydrogens is 486 g/mol. The SMILES string of the molecule is C[C@H](Oc1ccc(Cl)cc1C=Nn1c(C(C)(C)C)nc2ccc(Br)cc2c1=O)C(=O)O. The second-order valence-corrected chi connectivity index (χ2v) is 9.34. The molecule has 1 N–H and O–H groups in total. The third kappa shape index (κ3) is 5.14. The van der Waals surface area contributed by atoms with Crippen molar-refractivity contribution in [1.82, 2.24) is 9.66 Å². The van der Waals surface area contributed by atoms with Gasteiger partial charge in [-0.3, -0.25) is 4.79 Å². The van der Waals surface area contributed by atoms with E-state index in [1.807, 2.05) is 26.8 Å². The second kappa shape index (κ2) is 8.80.